The molecule has 2 aromatic rings. The Kier molecular flexibility index (Phi) is 2.64. The van der Waals surface area contributed by atoms with Gasteiger partial charge in [0.15, 0.2) is 5.82 Å². The van der Waals surface area contributed by atoms with Gasteiger partial charge in [0, 0.05) is 11.6 Å². The van der Waals surface area contributed by atoms with Crippen LogP contribution in [-0.4, -0.2) is 4.98 Å². The summed E-state index contributed by atoms with van der Waals surface area (Å²) in [6.07, 6.45) is 0.861. The van der Waals surface area contributed by atoms with Crippen LogP contribution >= 0.6 is 0 Å². The number of hydrogen-bond donors (Lipinski definition) is 0. The van der Waals surface area contributed by atoms with Crippen molar-refractivity contribution in [1.29, 1.82) is 0 Å². The Morgan fingerprint density at radius 3 is 2.44 bits per heavy atom. The molecule has 1 aromatic carbocycles. The molecule has 4 heteroatoms. The van der Waals surface area contributed by atoms with Crippen LogP contribution in [0.3, 0.4) is 0 Å². The first kappa shape index (κ1) is 10.7. The number of hydrogen-bond acceptors (Lipinski definition) is 1. The minimum absolute atomic E-state index is 0.0394. The third kappa shape index (κ3) is 1.91. The highest BCUT2D eigenvalue weighted by atomic mass is 19.1. The van der Waals surface area contributed by atoms with Gasteiger partial charge in [-0.3, -0.25) is 4.98 Å². The molecule has 0 saturated carbocycles. The van der Waals surface area contributed by atoms with E-state index in [4.69, 9.17) is 0 Å². The average molecular weight is 223 g/mol. The van der Waals surface area contributed by atoms with Crippen LogP contribution in [0.1, 0.15) is 5.56 Å². The largest absolute Gasteiger partial charge is 0.250 e. The van der Waals surface area contributed by atoms with Crippen molar-refractivity contribution >= 4 is 0 Å². The molecule has 0 saturated heterocycles. The maximum atomic E-state index is 13.4. The lowest BCUT2D eigenvalue weighted by Crippen LogP contribution is -1.94. The van der Waals surface area contributed by atoms with Crippen molar-refractivity contribution in [2.24, 2.45) is 0 Å². The van der Waals surface area contributed by atoms with Crippen molar-refractivity contribution < 1.29 is 13.2 Å². The van der Waals surface area contributed by atoms with Gasteiger partial charge in [-0.05, 0) is 19.1 Å². The Labute approximate surface area is 90.6 Å². The van der Waals surface area contributed by atoms with E-state index in [0.29, 0.717) is 6.07 Å². The SMILES string of the molecule is Cc1ccc(F)c(-c2ncc(F)cc2F)c1. The van der Waals surface area contributed by atoms with Crippen LogP contribution in [0.15, 0.2) is 30.5 Å². The second-order valence-corrected chi connectivity index (χ2v) is 3.47. The van der Waals surface area contributed by atoms with Crippen LogP contribution in [0.4, 0.5) is 13.2 Å². The molecule has 82 valence electrons. The number of halogens is 3. The zero-order valence-corrected chi connectivity index (χ0v) is 8.47. The molecule has 0 aliphatic carbocycles. The van der Waals surface area contributed by atoms with E-state index < -0.39 is 17.5 Å². The predicted octanol–water partition coefficient (Wildman–Crippen LogP) is 3.47. The highest BCUT2D eigenvalue weighted by Gasteiger charge is 2.12. The highest BCUT2D eigenvalue weighted by molar-refractivity contribution is 5.61. The van der Waals surface area contributed by atoms with Gasteiger partial charge in [0.1, 0.15) is 17.3 Å². The summed E-state index contributed by atoms with van der Waals surface area (Å²) < 4.78 is 39.5. The summed E-state index contributed by atoms with van der Waals surface area (Å²) in [5, 5.41) is 0. The summed E-state index contributed by atoms with van der Waals surface area (Å²) in [4.78, 5) is 3.56. The van der Waals surface area contributed by atoms with Crippen LogP contribution in [0.25, 0.3) is 11.3 Å². The minimum Gasteiger partial charge on any atom is -0.250 e. The van der Waals surface area contributed by atoms with Crippen molar-refractivity contribution in [2.45, 2.75) is 6.92 Å². The third-order valence-corrected chi connectivity index (χ3v) is 2.18. The molecule has 0 aliphatic heterocycles. The molecule has 0 bridgehead atoms. The molecule has 1 heterocycles. The average Bonchev–Trinajstić information content (AvgIpc) is 2.22. The maximum Gasteiger partial charge on any atom is 0.152 e. The Balaban J connectivity index is 2.62. The van der Waals surface area contributed by atoms with Gasteiger partial charge in [0.25, 0.3) is 0 Å². The first-order valence-corrected chi connectivity index (χ1v) is 4.65. The number of aryl methyl sites for hydroxylation is 1. The Morgan fingerprint density at radius 2 is 1.75 bits per heavy atom. The summed E-state index contributed by atoms with van der Waals surface area (Å²) in [5.41, 5.74) is 0.641. The number of pyridine rings is 1. The van der Waals surface area contributed by atoms with Gasteiger partial charge in [-0.2, -0.15) is 0 Å². The van der Waals surface area contributed by atoms with Crippen LogP contribution in [-0.2, 0) is 0 Å². The summed E-state index contributed by atoms with van der Waals surface area (Å²) in [6, 6.07) is 4.96. The molecule has 0 N–H and O–H groups in total. The lowest BCUT2D eigenvalue weighted by molar-refractivity contribution is 0.573. The molecule has 0 aliphatic rings. The van der Waals surface area contributed by atoms with Gasteiger partial charge >= 0.3 is 0 Å². The van der Waals surface area contributed by atoms with Crippen molar-refractivity contribution in [2.75, 3.05) is 0 Å². The number of aromatic nitrogens is 1. The van der Waals surface area contributed by atoms with Crippen molar-refractivity contribution in [3.63, 3.8) is 0 Å². The molecule has 2 rings (SSSR count). The van der Waals surface area contributed by atoms with Gasteiger partial charge in [0.2, 0.25) is 0 Å². The molecular formula is C12H8F3N. The van der Waals surface area contributed by atoms with E-state index in [9.17, 15) is 13.2 Å². The fourth-order valence-corrected chi connectivity index (χ4v) is 1.43. The van der Waals surface area contributed by atoms with Gasteiger partial charge in [0.05, 0.1) is 6.20 Å². The fourth-order valence-electron chi connectivity index (χ4n) is 1.43. The summed E-state index contributed by atoms with van der Waals surface area (Å²) in [6.45, 7) is 1.75. The van der Waals surface area contributed by atoms with E-state index in [2.05, 4.69) is 4.98 Å². The first-order chi connectivity index (χ1) is 7.58. The van der Waals surface area contributed by atoms with E-state index in [0.717, 1.165) is 11.8 Å². The molecule has 0 radical (unpaired) electrons. The summed E-state index contributed by atoms with van der Waals surface area (Å²) in [7, 11) is 0. The van der Waals surface area contributed by atoms with Crippen molar-refractivity contribution in [3.8, 4) is 11.3 Å². The molecule has 0 fully saturated rings. The molecule has 0 amide bonds. The molecular weight excluding hydrogens is 215 g/mol. The Bertz CT molecular complexity index is 538. The number of nitrogens with zero attached hydrogens (tertiary/aromatic N) is 1. The predicted molar refractivity (Wildman–Crippen MR) is 54.3 cm³/mol. The molecule has 1 aromatic heterocycles. The standard InChI is InChI=1S/C12H8F3N/c1-7-2-3-10(14)9(4-7)12-11(15)5-8(13)6-16-12/h2-6H,1H3. The molecule has 0 spiro atoms. The molecule has 1 nitrogen and oxygen atoms in total. The Morgan fingerprint density at radius 1 is 1.00 bits per heavy atom. The van der Waals surface area contributed by atoms with E-state index in [1.165, 1.54) is 12.1 Å². The minimum atomic E-state index is -0.871. The highest BCUT2D eigenvalue weighted by Crippen LogP contribution is 2.24. The van der Waals surface area contributed by atoms with Crippen molar-refractivity contribution in [3.05, 3.63) is 53.5 Å². The second-order valence-electron chi connectivity index (χ2n) is 3.47. The molecule has 0 atom stereocenters. The van der Waals surface area contributed by atoms with E-state index in [1.54, 1.807) is 13.0 Å². The van der Waals surface area contributed by atoms with Gasteiger partial charge in [-0.15, -0.1) is 0 Å². The quantitative estimate of drug-likeness (QED) is 0.721. The normalized spacial score (nSPS) is 10.5. The zero-order valence-electron chi connectivity index (χ0n) is 8.47. The fraction of sp³-hybridized carbons (Fsp3) is 0.0833. The zero-order chi connectivity index (χ0) is 11.7. The van der Waals surface area contributed by atoms with Crippen LogP contribution in [0.2, 0.25) is 0 Å². The second kappa shape index (κ2) is 3.96. The van der Waals surface area contributed by atoms with E-state index in [-0.39, 0.29) is 11.3 Å². The van der Waals surface area contributed by atoms with E-state index >= 15 is 0 Å². The molecule has 0 unspecified atom stereocenters. The summed E-state index contributed by atoms with van der Waals surface area (Å²) in [5.74, 6) is -2.23. The van der Waals surface area contributed by atoms with Gasteiger partial charge in [-0.1, -0.05) is 11.6 Å². The first-order valence-electron chi connectivity index (χ1n) is 4.65. The monoisotopic (exact) mass is 223 g/mol. The lowest BCUT2D eigenvalue weighted by Gasteiger charge is -2.05. The third-order valence-electron chi connectivity index (χ3n) is 2.18. The topological polar surface area (TPSA) is 12.9 Å². The molecule has 16 heavy (non-hydrogen) atoms. The maximum absolute atomic E-state index is 13.4. The van der Waals surface area contributed by atoms with Gasteiger partial charge < -0.3 is 0 Å². The van der Waals surface area contributed by atoms with Crippen LogP contribution in [0, 0.1) is 24.4 Å². The number of benzene rings is 1. The Hall–Kier alpha value is -1.84. The summed E-state index contributed by atoms with van der Waals surface area (Å²) >= 11 is 0. The van der Waals surface area contributed by atoms with Gasteiger partial charge in [-0.25, -0.2) is 13.2 Å². The number of rotatable bonds is 1. The smallest absolute Gasteiger partial charge is 0.152 e. The van der Waals surface area contributed by atoms with E-state index in [1.807, 2.05) is 0 Å². The van der Waals surface area contributed by atoms with Crippen LogP contribution < -0.4 is 0 Å². The van der Waals surface area contributed by atoms with Crippen LogP contribution in [0.5, 0.6) is 0 Å². The lowest BCUT2D eigenvalue weighted by atomic mass is 10.1. The van der Waals surface area contributed by atoms with Crippen molar-refractivity contribution in [1.82, 2.24) is 4.98 Å².